The molecule has 0 N–H and O–H groups in total. The Hall–Kier alpha value is -2.36. The molecule has 0 heterocycles. The van der Waals surface area contributed by atoms with Crippen LogP contribution < -0.4 is 4.74 Å². The van der Waals surface area contributed by atoms with Crippen molar-refractivity contribution in [3.05, 3.63) is 65.0 Å². The summed E-state index contributed by atoms with van der Waals surface area (Å²) in [5.41, 5.74) is 2.45. The van der Waals surface area contributed by atoms with Gasteiger partial charge in [-0.15, -0.1) is 0 Å². The van der Waals surface area contributed by atoms with Crippen molar-refractivity contribution in [1.82, 2.24) is 0 Å². The molecule has 4 heteroatoms. The Labute approximate surface area is 123 Å². The number of rotatable bonds is 5. The minimum atomic E-state index is -0.318. The summed E-state index contributed by atoms with van der Waals surface area (Å²) in [5, 5.41) is 0. The highest BCUT2D eigenvalue weighted by Gasteiger charge is 2.06. The molecule has 0 aliphatic heterocycles. The summed E-state index contributed by atoms with van der Waals surface area (Å²) >= 11 is 0. The van der Waals surface area contributed by atoms with Crippen LogP contribution in [-0.2, 0) is 22.6 Å². The van der Waals surface area contributed by atoms with Gasteiger partial charge in [-0.3, -0.25) is 4.79 Å². The molecule has 3 nitrogen and oxygen atoms in total. The number of carbonyl (C=O) groups excluding carboxylic acids is 1. The second-order valence-electron chi connectivity index (χ2n) is 4.73. The molecule has 0 aliphatic rings. The fourth-order valence-electron chi connectivity index (χ4n) is 2.03. The van der Waals surface area contributed by atoms with Crippen LogP contribution in [0.25, 0.3) is 0 Å². The van der Waals surface area contributed by atoms with E-state index < -0.39 is 0 Å². The number of hydrogen-bond acceptors (Lipinski definition) is 3. The van der Waals surface area contributed by atoms with Gasteiger partial charge in [0.1, 0.15) is 18.2 Å². The zero-order valence-corrected chi connectivity index (χ0v) is 12.1. The molecule has 2 aromatic carbocycles. The van der Waals surface area contributed by atoms with Gasteiger partial charge in [0.15, 0.2) is 0 Å². The van der Waals surface area contributed by atoms with Crippen molar-refractivity contribution >= 4 is 5.97 Å². The Kier molecular flexibility index (Phi) is 4.93. The molecule has 0 unspecified atom stereocenters. The lowest BCUT2D eigenvalue weighted by Gasteiger charge is -2.08. The van der Waals surface area contributed by atoms with Crippen molar-refractivity contribution in [2.75, 3.05) is 7.11 Å². The van der Waals surface area contributed by atoms with Crippen molar-refractivity contribution in [2.24, 2.45) is 0 Å². The van der Waals surface area contributed by atoms with E-state index in [1.165, 1.54) is 20.1 Å². The van der Waals surface area contributed by atoms with Crippen LogP contribution in [0.4, 0.5) is 4.39 Å². The van der Waals surface area contributed by atoms with Gasteiger partial charge in [-0.2, -0.15) is 0 Å². The number of esters is 1. The van der Waals surface area contributed by atoms with Crippen LogP contribution in [0.5, 0.6) is 5.75 Å². The third-order valence-corrected chi connectivity index (χ3v) is 3.09. The van der Waals surface area contributed by atoms with E-state index in [2.05, 4.69) is 0 Å². The highest BCUT2D eigenvalue weighted by Crippen LogP contribution is 2.19. The van der Waals surface area contributed by atoms with Gasteiger partial charge in [0.2, 0.25) is 0 Å². The van der Waals surface area contributed by atoms with Gasteiger partial charge in [0, 0.05) is 19.4 Å². The van der Waals surface area contributed by atoms with Crippen LogP contribution in [0.1, 0.15) is 23.6 Å². The van der Waals surface area contributed by atoms with E-state index in [4.69, 9.17) is 9.47 Å². The number of methoxy groups -OCH3 is 1. The summed E-state index contributed by atoms with van der Waals surface area (Å²) in [6.07, 6.45) is 0.476. The highest BCUT2D eigenvalue weighted by molar-refractivity contribution is 5.65. The lowest BCUT2D eigenvalue weighted by atomic mass is 10.0. The average Bonchev–Trinajstić information content (AvgIpc) is 2.47. The lowest BCUT2D eigenvalue weighted by Crippen LogP contribution is -2.00. The van der Waals surface area contributed by atoms with E-state index in [1.54, 1.807) is 12.1 Å². The molecule has 2 rings (SSSR count). The van der Waals surface area contributed by atoms with E-state index in [-0.39, 0.29) is 18.4 Å². The highest BCUT2D eigenvalue weighted by atomic mass is 19.1. The van der Waals surface area contributed by atoms with Crippen molar-refractivity contribution in [1.29, 1.82) is 0 Å². The minimum absolute atomic E-state index is 0.230. The fraction of sp³-hybridized carbons (Fsp3) is 0.235. The maximum Gasteiger partial charge on any atom is 0.302 e. The molecule has 110 valence electrons. The van der Waals surface area contributed by atoms with Crippen molar-refractivity contribution in [3.8, 4) is 5.75 Å². The molecular formula is C17H17FO3. The normalized spacial score (nSPS) is 10.2. The second-order valence-corrected chi connectivity index (χ2v) is 4.73. The van der Waals surface area contributed by atoms with E-state index >= 15 is 0 Å². The number of benzene rings is 2. The smallest absolute Gasteiger partial charge is 0.302 e. The van der Waals surface area contributed by atoms with Crippen LogP contribution in [-0.4, -0.2) is 13.1 Å². The third kappa shape index (κ3) is 4.31. The third-order valence-electron chi connectivity index (χ3n) is 3.09. The Morgan fingerprint density at radius 3 is 2.57 bits per heavy atom. The SMILES string of the molecule is COc1ccc(Cc2cccc(COC(C)=O)c2)c(F)c1. The molecule has 0 amide bonds. The first-order valence-corrected chi connectivity index (χ1v) is 6.62. The van der Waals surface area contributed by atoms with E-state index in [0.717, 1.165) is 11.1 Å². The Bertz CT molecular complexity index is 638. The summed E-state index contributed by atoms with van der Waals surface area (Å²) in [6.45, 7) is 1.60. The number of hydrogen-bond donors (Lipinski definition) is 0. The summed E-state index contributed by atoms with van der Waals surface area (Å²) in [7, 11) is 1.51. The molecule has 0 radical (unpaired) electrons. The summed E-state index contributed by atoms with van der Waals surface area (Å²) in [5.74, 6) is -0.110. The van der Waals surface area contributed by atoms with Crippen LogP contribution >= 0.6 is 0 Å². The van der Waals surface area contributed by atoms with Crippen LogP contribution in [0.2, 0.25) is 0 Å². The molecule has 0 saturated heterocycles. The van der Waals surface area contributed by atoms with Crippen molar-refractivity contribution in [2.45, 2.75) is 20.0 Å². The largest absolute Gasteiger partial charge is 0.497 e. The predicted molar refractivity (Wildman–Crippen MR) is 77.7 cm³/mol. The Morgan fingerprint density at radius 2 is 1.90 bits per heavy atom. The van der Waals surface area contributed by atoms with E-state index in [1.807, 2.05) is 24.3 Å². The first-order chi connectivity index (χ1) is 10.1. The predicted octanol–water partition coefficient (Wildman–Crippen LogP) is 3.49. The maximum atomic E-state index is 13.9. The maximum absolute atomic E-state index is 13.9. The molecule has 0 aromatic heterocycles. The van der Waals surface area contributed by atoms with E-state index in [0.29, 0.717) is 17.7 Å². The number of halogens is 1. The first-order valence-electron chi connectivity index (χ1n) is 6.62. The quantitative estimate of drug-likeness (QED) is 0.790. The van der Waals surface area contributed by atoms with Crippen LogP contribution in [0.3, 0.4) is 0 Å². The molecule has 2 aromatic rings. The number of ether oxygens (including phenoxy) is 2. The fourth-order valence-corrected chi connectivity index (χ4v) is 2.03. The minimum Gasteiger partial charge on any atom is -0.497 e. The molecule has 0 fully saturated rings. The molecular weight excluding hydrogens is 271 g/mol. The van der Waals surface area contributed by atoms with Gasteiger partial charge in [-0.05, 0) is 22.8 Å². The van der Waals surface area contributed by atoms with E-state index in [9.17, 15) is 9.18 Å². The van der Waals surface area contributed by atoms with Crippen LogP contribution in [0.15, 0.2) is 42.5 Å². The zero-order valence-electron chi connectivity index (χ0n) is 12.1. The second kappa shape index (κ2) is 6.88. The zero-order chi connectivity index (χ0) is 15.2. The molecule has 0 atom stereocenters. The molecule has 0 aliphatic carbocycles. The standard InChI is InChI=1S/C17H17FO3/c1-12(19)21-11-14-5-3-4-13(8-14)9-15-6-7-16(20-2)10-17(15)18/h3-8,10H,9,11H2,1-2H3. The average molecular weight is 288 g/mol. The number of carbonyl (C=O) groups is 1. The molecule has 0 spiro atoms. The van der Waals surface area contributed by atoms with Gasteiger partial charge in [0.25, 0.3) is 0 Å². The van der Waals surface area contributed by atoms with Crippen molar-refractivity contribution < 1.29 is 18.7 Å². The van der Waals surface area contributed by atoms with Gasteiger partial charge in [0.05, 0.1) is 7.11 Å². The van der Waals surface area contributed by atoms with Crippen LogP contribution in [0, 0.1) is 5.82 Å². The topological polar surface area (TPSA) is 35.5 Å². The van der Waals surface area contributed by atoms with Crippen molar-refractivity contribution in [3.63, 3.8) is 0 Å². The monoisotopic (exact) mass is 288 g/mol. The summed E-state index contributed by atoms with van der Waals surface area (Å²) < 4.78 is 23.9. The van der Waals surface area contributed by atoms with Gasteiger partial charge in [-0.25, -0.2) is 4.39 Å². The molecule has 21 heavy (non-hydrogen) atoms. The first kappa shape index (κ1) is 15.0. The van der Waals surface area contributed by atoms with Gasteiger partial charge in [-0.1, -0.05) is 30.3 Å². The summed E-state index contributed by atoms with van der Waals surface area (Å²) in [4.78, 5) is 10.8. The summed E-state index contributed by atoms with van der Waals surface area (Å²) in [6, 6.07) is 12.4. The molecule has 0 bridgehead atoms. The Balaban J connectivity index is 2.12. The van der Waals surface area contributed by atoms with Gasteiger partial charge < -0.3 is 9.47 Å². The molecule has 0 saturated carbocycles. The Morgan fingerprint density at radius 1 is 1.14 bits per heavy atom. The lowest BCUT2D eigenvalue weighted by molar-refractivity contribution is -0.142. The van der Waals surface area contributed by atoms with Gasteiger partial charge >= 0.3 is 5.97 Å².